The van der Waals surface area contributed by atoms with Crippen molar-refractivity contribution in [3.8, 4) is 11.5 Å². The second-order valence-corrected chi connectivity index (χ2v) is 6.12. The Morgan fingerprint density at radius 3 is 2.41 bits per heavy atom. The van der Waals surface area contributed by atoms with E-state index in [1.165, 1.54) is 0 Å². The van der Waals surface area contributed by atoms with Crippen LogP contribution in [0.4, 0.5) is 0 Å². The summed E-state index contributed by atoms with van der Waals surface area (Å²) < 4.78 is 5.68. The third kappa shape index (κ3) is 4.61. The van der Waals surface area contributed by atoms with Crippen molar-refractivity contribution in [2.24, 2.45) is 0 Å². The standard InChI is InChI=1S/C21H21N3O3/c1-14-18(24-21(27-14)17-6-4-3-5-7-17)12-19(25)23-13-15-8-10-16(11-9-15)20(26)22-2/h3-11H,12-13H2,1-2H3,(H,22,26)(H,23,25). The number of benzene rings is 2. The highest BCUT2D eigenvalue weighted by Gasteiger charge is 2.14. The van der Waals surface area contributed by atoms with E-state index in [-0.39, 0.29) is 18.2 Å². The second-order valence-electron chi connectivity index (χ2n) is 6.12. The molecule has 27 heavy (non-hydrogen) atoms. The number of nitrogens with zero attached hydrogens (tertiary/aromatic N) is 1. The highest BCUT2D eigenvalue weighted by Crippen LogP contribution is 2.21. The zero-order valence-electron chi connectivity index (χ0n) is 15.3. The minimum Gasteiger partial charge on any atom is -0.441 e. The van der Waals surface area contributed by atoms with E-state index in [0.29, 0.717) is 29.5 Å². The fourth-order valence-electron chi connectivity index (χ4n) is 2.63. The molecular formula is C21H21N3O3. The summed E-state index contributed by atoms with van der Waals surface area (Å²) in [6.45, 7) is 2.19. The molecule has 2 N–H and O–H groups in total. The molecule has 2 amide bonds. The first kappa shape index (κ1) is 18.4. The lowest BCUT2D eigenvalue weighted by Gasteiger charge is -2.06. The Morgan fingerprint density at radius 1 is 1.04 bits per heavy atom. The molecule has 6 nitrogen and oxygen atoms in total. The first-order valence-electron chi connectivity index (χ1n) is 8.66. The molecule has 0 fully saturated rings. The Morgan fingerprint density at radius 2 is 1.74 bits per heavy atom. The summed E-state index contributed by atoms with van der Waals surface area (Å²) in [5.41, 5.74) is 3.00. The Balaban J connectivity index is 1.58. The van der Waals surface area contributed by atoms with Crippen molar-refractivity contribution < 1.29 is 14.0 Å². The molecule has 1 aromatic heterocycles. The van der Waals surface area contributed by atoms with Crippen LogP contribution in [-0.4, -0.2) is 23.8 Å². The van der Waals surface area contributed by atoms with Crippen LogP contribution in [0.3, 0.4) is 0 Å². The van der Waals surface area contributed by atoms with Gasteiger partial charge in [0.25, 0.3) is 5.91 Å². The van der Waals surface area contributed by atoms with Gasteiger partial charge in [0.1, 0.15) is 5.76 Å². The van der Waals surface area contributed by atoms with E-state index in [2.05, 4.69) is 15.6 Å². The summed E-state index contributed by atoms with van der Waals surface area (Å²) >= 11 is 0. The van der Waals surface area contributed by atoms with Crippen molar-refractivity contribution in [1.82, 2.24) is 15.6 Å². The fraction of sp³-hybridized carbons (Fsp3) is 0.190. The minimum atomic E-state index is -0.138. The Labute approximate surface area is 157 Å². The van der Waals surface area contributed by atoms with Gasteiger partial charge in [-0.3, -0.25) is 9.59 Å². The molecule has 0 bridgehead atoms. The molecule has 0 unspecified atom stereocenters. The summed E-state index contributed by atoms with van der Waals surface area (Å²) in [4.78, 5) is 28.2. The van der Waals surface area contributed by atoms with Gasteiger partial charge in [-0.25, -0.2) is 4.98 Å². The van der Waals surface area contributed by atoms with Gasteiger partial charge in [-0.2, -0.15) is 0 Å². The van der Waals surface area contributed by atoms with E-state index >= 15 is 0 Å². The maximum absolute atomic E-state index is 12.2. The predicted octanol–water partition coefficient (Wildman–Crippen LogP) is 2.87. The quantitative estimate of drug-likeness (QED) is 0.705. The number of aromatic nitrogens is 1. The summed E-state index contributed by atoms with van der Waals surface area (Å²) in [6, 6.07) is 16.7. The van der Waals surface area contributed by atoms with Crippen LogP contribution in [-0.2, 0) is 17.8 Å². The van der Waals surface area contributed by atoms with Crippen LogP contribution in [0.5, 0.6) is 0 Å². The number of aryl methyl sites for hydroxylation is 1. The van der Waals surface area contributed by atoms with Crippen LogP contribution < -0.4 is 10.6 Å². The lowest BCUT2D eigenvalue weighted by atomic mass is 10.1. The van der Waals surface area contributed by atoms with Crippen LogP contribution in [0.25, 0.3) is 11.5 Å². The van der Waals surface area contributed by atoms with Gasteiger partial charge in [-0.05, 0) is 36.8 Å². The molecule has 0 aliphatic carbocycles. The molecule has 0 atom stereocenters. The lowest BCUT2D eigenvalue weighted by molar-refractivity contribution is -0.120. The van der Waals surface area contributed by atoms with E-state index in [1.54, 1.807) is 26.1 Å². The molecule has 0 saturated heterocycles. The van der Waals surface area contributed by atoms with Gasteiger partial charge in [0.15, 0.2) is 0 Å². The molecule has 6 heteroatoms. The molecule has 3 aromatic rings. The molecule has 3 rings (SSSR count). The second kappa shape index (κ2) is 8.31. The topological polar surface area (TPSA) is 84.2 Å². The average molecular weight is 363 g/mol. The van der Waals surface area contributed by atoms with Crippen molar-refractivity contribution in [2.75, 3.05) is 7.05 Å². The number of hydrogen-bond acceptors (Lipinski definition) is 4. The Kier molecular flexibility index (Phi) is 5.66. The highest BCUT2D eigenvalue weighted by molar-refractivity contribution is 5.93. The van der Waals surface area contributed by atoms with Gasteiger partial charge >= 0.3 is 0 Å². The van der Waals surface area contributed by atoms with Gasteiger partial charge in [-0.15, -0.1) is 0 Å². The van der Waals surface area contributed by atoms with Gasteiger partial charge in [0.2, 0.25) is 11.8 Å². The van der Waals surface area contributed by atoms with Crippen molar-refractivity contribution in [3.63, 3.8) is 0 Å². The molecule has 1 heterocycles. The van der Waals surface area contributed by atoms with Crippen molar-refractivity contribution in [2.45, 2.75) is 19.9 Å². The SMILES string of the molecule is CNC(=O)c1ccc(CNC(=O)Cc2nc(-c3ccccc3)oc2C)cc1. The number of amides is 2. The number of rotatable bonds is 6. The van der Waals surface area contributed by atoms with E-state index in [1.807, 2.05) is 42.5 Å². The number of carbonyl (C=O) groups excluding carboxylic acids is 2. The number of hydrogen-bond donors (Lipinski definition) is 2. The van der Waals surface area contributed by atoms with Crippen LogP contribution in [0, 0.1) is 6.92 Å². The summed E-state index contributed by atoms with van der Waals surface area (Å²) in [6.07, 6.45) is 0.151. The number of nitrogens with one attached hydrogen (secondary N) is 2. The smallest absolute Gasteiger partial charge is 0.251 e. The minimum absolute atomic E-state index is 0.138. The summed E-state index contributed by atoms with van der Waals surface area (Å²) in [5.74, 6) is 0.877. The summed E-state index contributed by atoms with van der Waals surface area (Å²) in [5, 5.41) is 5.44. The van der Waals surface area contributed by atoms with Gasteiger partial charge in [0.05, 0.1) is 12.1 Å². The monoisotopic (exact) mass is 363 g/mol. The molecular weight excluding hydrogens is 342 g/mol. The molecule has 138 valence electrons. The Hall–Kier alpha value is -3.41. The van der Waals surface area contributed by atoms with Crippen LogP contribution in [0.1, 0.15) is 27.4 Å². The van der Waals surface area contributed by atoms with E-state index in [4.69, 9.17) is 4.42 Å². The normalized spacial score (nSPS) is 10.4. The third-order valence-electron chi connectivity index (χ3n) is 4.17. The maximum Gasteiger partial charge on any atom is 0.251 e. The van der Waals surface area contributed by atoms with Crippen molar-refractivity contribution in [1.29, 1.82) is 0 Å². The van der Waals surface area contributed by atoms with E-state index in [0.717, 1.165) is 11.1 Å². The van der Waals surface area contributed by atoms with Crippen molar-refractivity contribution in [3.05, 3.63) is 77.2 Å². The number of oxazole rings is 1. The highest BCUT2D eigenvalue weighted by atomic mass is 16.4. The third-order valence-corrected chi connectivity index (χ3v) is 4.17. The molecule has 0 radical (unpaired) electrons. The fourth-order valence-corrected chi connectivity index (χ4v) is 2.63. The average Bonchev–Trinajstić information content (AvgIpc) is 3.07. The van der Waals surface area contributed by atoms with E-state index < -0.39 is 0 Å². The number of carbonyl (C=O) groups is 2. The molecule has 0 saturated carbocycles. The maximum atomic E-state index is 12.2. The van der Waals surface area contributed by atoms with Crippen LogP contribution >= 0.6 is 0 Å². The van der Waals surface area contributed by atoms with Crippen LogP contribution in [0.15, 0.2) is 59.0 Å². The van der Waals surface area contributed by atoms with Gasteiger partial charge in [0, 0.05) is 24.7 Å². The summed E-state index contributed by atoms with van der Waals surface area (Å²) in [7, 11) is 1.59. The predicted molar refractivity (Wildman–Crippen MR) is 102 cm³/mol. The molecule has 0 spiro atoms. The zero-order chi connectivity index (χ0) is 19.2. The molecule has 0 aliphatic heterocycles. The van der Waals surface area contributed by atoms with Crippen LogP contribution in [0.2, 0.25) is 0 Å². The van der Waals surface area contributed by atoms with Gasteiger partial charge < -0.3 is 15.1 Å². The van der Waals surface area contributed by atoms with Crippen molar-refractivity contribution >= 4 is 11.8 Å². The van der Waals surface area contributed by atoms with E-state index in [9.17, 15) is 9.59 Å². The Bertz CT molecular complexity index is 931. The largest absolute Gasteiger partial charge is 0.441 e. The lowest BCUT2D eigenvalue weighted by Crippen LogP contribution is -2.25. The molecule has 2 aromatic carbocycles. The zero-order valence-corrected chi connectivity index (χ0v) is 15.3. The first-order valence-corrected chi connectivity index (χ1v) is 8.66. The molecule has 0 aliphatic rings. The van der Waals surface area contributed by atoms with Gasteiger partial charge in [-0.1, -0.05) is 30.3 Å². The first-order chi connectivity index (χ1) is 13.1.